The van der Waals surface area contributed by atoms with E-state index in [1.807, 2.05) is 0 Å². The summed E-state index contributed by atoms with van der Waals surface area (Å²) in [5.74, 6) is -0.318. The minimum absolute atomic E-state index is 0.318. The van der Waals surface area contributed by atoms with Crippen molar-refractivity contribution in [2.24, 2.45) is 0 Å². The molecule has 1 aromatic rings. The maximum absolute atomic E-state index is 11.8. The molecule has 0 amide bonds. The Morgan fingerprint density at radius 2 is 1.45 bits per heavy atom. The van der Waals surface area contributed by atoms with Crippen LogP contribution in [0.15, 0.2) is 24.3 Å². The van der Waals surface area contributed by atoms with Crippen molar-refractivity contribution in [2.75, 3.05) is 6.61 Å². The fraction of sp³-hybridized carbons (Fsp3) is 0.632. The second-order valence-electron chi connectivity index (χ2n) is 5.80. The molecule has 1 aromatic carbocycles. The Hall–Kier alpha value is -1.02. The molecule has 0 saturated heterocycles. The maximum atomic E-state index is 11.8. The third kappa shape index (κ3) is 8.43. The van der Waals surface area contributed by atoms with Crippen molar-refractivity contribution in [1.82, 2.24) is 0 Å². The molecule has 0 spiro atoms. The Kier molecular flexibility index (Phi) is 10.8. The van der Waals surface area contributed by atoms with Gasteiger partial charge in [0.05, 0.1) is 17.2 Å². The van der Waals surface area contributed by atoms with Crippen LogP contribution in [0.25, 0.3) is 0 Å². The largest absolute Gasteiger partial charge is 0.462 e. The molecule has 0 N–H and O–H groups in total. The van der Waals surface area contributed by atoms with Gasteiger partial charge in [-0.15, -0.1) is 0 Å². The van der Waals surface area contributed by atoms with Crippen LogP contribution in [0, 0.1) is 0 Å². The van der Waals surface area contributed by atoms with Crippen LogP contribution in [0.1, 0.15) is 81.5 Å². The molecule has 0 aromatic heterocycles. The Bertz CT molecular complexity index is 418. The summed E-state index contributed by atoms with van der Waals surface area (Å²) in [6.45, 7) is 2.74. The minimum Gasteiger partial charge on any atom is -0.462 e. The normalized spacial score (nSPS) is 10.6. The first kappa shape index (κ1) is 19.0. The third-order valence-electron chi connectivity index (χ3n) is 3.82. The van der Waals surface area contributed by atoms with E-state index in [-0.39, 0.29) is 5.97 Å². The van der Waals surface area contributed by atoms with Crippen LogP contribution in [0.2, 0.25) is 5.02 Å². The fourth-order valence-electron chi connectivity index (χ4n) is 2.46. The number of hydrogen-bond acceptors (Lipinski definition) is 2. The second-order valence-corrected chi connectivity index (χ2v) is 6.20. The molecular formula is C19H29ClO2. The Morgan fingerprint density at radius 3 is 2.05 bits per heavy atom. The molecule has 0 aliphatic rings. The van der Waals surface area contributed by atoms with Gasteiger partial charge in [0, 0.05) is 0 Å². The summed E-state index contributed by atoms with van der Waals surface area (Å²) < 4.78 is 5.26. The average molecular weight is 325 g/mol. The van der Waals surface area contributed by atoms with Gasteiger partial charge in [0.15, 0.2) is 0 Å². The molecule has 0 fully saturated rings. The number of carbonyl (C=O) groups is 1. The van der Waals surface area contributed by atoms with Crippen LogP contribution in [-0.4, -0.2) is 12.6 Å². The highest BCUT2D eigenvalue weighted by atomic mass is 35.5. The van der Waals surface area contributed by atoms with Crippen molar-refractivity contribution in [3.05, 3.63) is 34.9 Å². The van der Waals surface area contributed by atoms with Crippen LogP contribution in [0.3, 0.4) is 0 Å². The third-order valence-corrected chi connectivity index (χ3v) is 4.15. The molecule has 0 saturated carbocycles. The number of carbonyl (C=O) groups excluding carboxylic acids is 1. The van der Waals surface area contributed by atoms with Crippen LogP contribution in [0.5, 0.6) is 0 Å². The quantitative estimate of drug-likeness (QED) is 0.327. The molecule has 0 aliphatic heterocycles. The highest BCUT2D eigenvalue weighted by Gasteiger charge is 2.10. The molecule has 0 unspecified atom stereocenters. The van der Waals surface area contributed by atoms with Gasteiger partial charge in [0.2, 0.25) is 0 Å². The summed E-state index contributed by atoms with van der Waals surface area (Å²) in [5, 5.41) is 0.454. The summed E-state index contributed by atoms with van der Waals surface area (Å²) in [6.07, 6.45) is 12.7. The molecule has 0 aliphatic carbocycles. The predicted octanol–water partition coefficient (Wildman–Crippen LogP) is 6.42. The molecule has 2 nitrogen and oxygen atoms in total. The van der Waals surface area contributed by atoms with E-state index < -0.39 is 0 Å². The van der Waals surface area contributed by atoms with Gasteiger partial charge in [-0.2, -0.15) is 0 Å². The van der Waals surface area contributed by atoms with Crippen LogP contribution in [-0.2, 0) is 4.74 Å². The molecule has 1 rings (SSSR count). The van der Waals surface area contributed by atoms with Crippen LogP contribution in [0.4, 0.5) is 0 Å². The standard InChI is InChI=1S/C19H29ClO2/c1-2-3-4-5-6-7-8-9-10-13-16-22-19(21)17-14-11-12-15-18(17)20/h11-12,14-15H,2-10,13,16H2,1H3. The number of benzene rings is 1. The zero-order chi connectivity index (χ0) is 16.0. The highest BCUT2D eigenvalue weighted by molar-refractivity contribution is 6.33. The fourth-order valence-corrected chi connectivity index (χ4v) is 2.67. The van der Waals surface area contributed by atoms with E-state index in [1.165, 1.54) is 51.4 Å². The molecular weight excluding hydrogens is 296 g/mol. The average Bonchev–Trinajstić information content (AvgIpc) is 2.53. The lowest BCUT2D eigenvalue weighted by Gasteiger charge is -2.06. The van der Waals surface area contributed by atoms with Crippen molar-refractivity contribution < 1.29 is 9.53 Å². The van der Waals surface area contributed by atoms with Gasteiger partial charge in [-0.3, -0.25) is 0 Å². The molecule has 22 heavy (non-hydrogen) atoms. The van der Waals surface area contributed by atoms with Crippen molar-refractivity contribution >= 4 is 17.6 Å². The van der Waals surface area contributed by atoms with E-state index in [4.69, 9.17) is 16.3 Å². The first-order valence-corrected chi connectivity index (χ1v) is 9.05. The van der Waals surface area contributed by atoms with Crippen molar-refractivity contribution in [3.63, 3.8) is 0 Å². The van der Waals surface area contributed by atoms with E-state index in [0.29, 0.717) is 17.2 Å². The van der Waals surface area contributed by atoms with Gasteiger partial charge in [-0.05, 0) is 18.6 Å². The van der Waals surface area contributed by atoms with Gasteiger partial charge in [0.1, 0.15) is 0 Å². The number of esters is 1. The number of ether oxygens (including phenoxy) is 1. The number of unbranched alkanes of at least 4 members (excludes halogenated alkanes) is 9. The van der Waals surface area contributed by atoms with Gasteiger partial charge in [0.25, 0.3) is 0 Å². The van der Waals surface area contributed by atoms with E-state index in [9.17, 15) is 4.79 Å². The van der Waals surface area contributed by atoms with E-state index in [2.05, 4.69) is 6.92 Å². The Balaban J connectivity index is 1.95. The van der Waals surface area contributed by atoms with E-state index >= 15 is 0 Å². The lowest BCUT2D eigenvalue weighted by molar-refractivity contribution is 0.0498. The second kappa shape index (κ2) is 12.5. The summed E-state index contributed by atoms with van der Waals surface area (Å²) in [6, 6.07) is 7.01. The SMILES string of the molecule is CCCCCCCCCCCCOC(=O)c1ccccc1Cl. The van der Waals surface area contributed by atoms with E-state index in [1.54, 1.807) is 24.3 Å². The van der Waals surface area contributed by atoms with Crippen LogP contribution >= 0.6 is 11.6 Å². The van der Waals surface area contributed by atoms with Crippen LogP contribution < -0.4 is 0 Å². The summed E-state index contributed by atoms with van der Waals surface area (Å²) in [7, 11) is 0. The smallest absolute Gasteiger partial charge is 0.339 e. The zero-order valence-corrected chi connectivity index (χ0v) is 14.5. The monoisotopic (exact) mass is 324 g/mol. The van der Waals surface area contributed by atoms with Gasteiger partial charge in [-0.1, -0.05) is 88.4 Å². The predicted molar refractivity (Wildman–Crippen MR) is 93.6 cm³/mol. The molecule has 0 atom stereocenters. The minimum atomic E-state index is -0.318. The molecule has 0 radical (unpaired) electrons. The number of halogens is 1. The highest BCUT2D eigenvalue weighted by Crippen LogP contribution is 2.16. The summed E-state index contributed by atoms with van der Waals surface area (Å²) >= 11 is 5.96. The van der Waals surface area contributed by atoms with E-state index in [0.717, 1.165) is 12.8 Å². The first-order chi connectivity index (χ1) is 10.8. The molecule has 0 heterocycles. The van der Waals surface area contributed by atoms with Gasteiger partial charge in [-0.25, -0.2) is 4.79 Å². The van der Waals surface area contributed by atoms with Gasteiger partial charge < -0.3 is 4.74 Å². The Morgan fingerprint density at radius 1 is 0.909 bits per heavy atom. The lowest BCUT2D eigenvalue weighted by atomic mass is 10.1. The number of rotatable bonds is 12. The summed E-state index contributed by atoms with van der Waals surface area (Å²) in [5.41, 5.74) is 0.455. The van der Waals surface area contributed by atoms with Crippen molar-refractivity contribution in [3.8, 4) is 0 Å². The zero-order valence-electron chi connectivity index (χ0n) is 13.8. The maximum Gasteiger partial charge on any atom is 0.339 e. The van der Waals surface area contributed by atoms with Crippen molar-refractivity contribution in [1.29, 1.82) is 0 Å². The lowest BCUT2D eigenvalue weighted by Crippen LogP contribution is -2.07. The first-order valence-electron chi connectivity index (χ1n) is 8.67. The molecule has 0 bridgehead atoms. The topological polar surface area (TPSA) is 26.3 Å². The number of hydrogen-bond donors (Lipinski definition) is 0. The molecule has 124 valence electrons. The van der Waals surface area contributed by atoms with Crippen molar-refractivity contribution in [2.45, 2.75) is 71.1 Å². The Labute approximate surface area is 140 Å². The summed E-state index contributed by atoms with van der Waals surface area (Å²) in [4.78, 5) is 11.8. The molecule has 3 heteroatoms. The van der Waals surface area contributed by atoms with Gasteiger partial charge >= 0.3 is 5.97 Å².